The van der Waals surface area contributed by atoms with Gasteiger partial charge >= 0.3 is 5.97 Å². The molecule has 0 atom stereocenters. The molecule has 3 aromatic rings. The number of benzene rings is 2. The van der Waals surface area contributed by atoms with Crippen LogP contribution in [0.25, 0.3) is 16.9 Å². The number of methoxy groups -OCH3 is 1. The zero-order chi connectivity index (χ0) is 20.8. The summed E-state index contributed by atoms with van der Waals surface area (Å²) in [4.78, 5) is 11.4. The first-order chi connectivity index (χ1) is 13.4. The van der Waals surface area contributed by atoms with Gasteiger partial charge in [0.05, 0.1) is 18.4 Å². The average Bonchev–Trinajstić information content (AvgIpc) is 3.15. The number of aryl methyl sites for hydroxylation is 1. The van der Waals surface area contributed by atoms with Crippen molar-refractivity contribution in [3.63, 3.8) is 0 Å². The van der Waals surface area contributed by atoms with E-state index in [2.05, 4.69) is 5.10 Å². The molecule has 1 aromatic heterocycles. The van der Waals surface area contributed by atoms with Crippen LogP contribution in [0.1, 0.15) is 35.5 Å². The molecule has 0 saturated carbocycles. The highest BCUT2D eigenvalue weighted by atomic mass is 19.1. The molecular weight excluding hydrogens is 361 g/mol. The van der Waals surface area contributed by atoms with E-state index in [0.717, 1.165) is 5.56 Å². The number of aromatic nitrogens is 2. The highest BCUT2D eigenvalue weighted by Gasteiger charge is 2.19. The number of hydrogen-bond donors (Lipinski definition) is 1. The lowest BCUT2D eigenvalue weighted by molar-refractivity contribution is 0.0690. The lowest BCUT2D eigenvalue weighted by atomic mass is 10.1. The fourth-order valence-electron chi connectivity index (χ4n) is 2.60. The summed E-state index contributed by atoms with van der Waals surface area (Å²) in [5.74, 6) is -1.39. The lowest BCUT2D eigenvalue weighted by Gasteiger charge is -2.12. The fraction of sp³-hybridized carbons (Fsp3) is 0.190. The Morgan fingerprint density at radius 3 is 2.50 bits per heavy atom. The first kappa shape index (κ1) is 20.6. The second kappa shape index (κ2) is 8.82. The zero-order valence-electron chi connectivity index (χ0n) is 16.0. The van der Waals surface area contributed by atoms with Crippen molar-refractivity contribution >= 4 is 5.97 Å². The van der Waals surface area contributed by atoms with Gasteiger partial charge in [-0.2, -0.15) is 10.4 Å². The van der Waals surface area contributed by atoms with E-state index in [0.29, 0.717) is 22.7 Å². The van der Waals surface area contributed by atoms with Gasteiger partial charge in [-0.3, -0.25) is 0 Å². The summed E-state index contributed by atoms with van der Waals surface area (Å²) in [5.41, 5.74) is 1.96. The van der Waals surface area contributed by atoms with Crippen molar-refractivity contribution in [2.24, 2.45) is 0 Å². The first-order valence-electron chi connectivity index (χ1n) is 8.63. The number of carboxylic acid groups (broad SMARTS) is 1. The SMILES string of the molecule is CC.COc1cc(C)ccc1-n1nc(C(=O)O)cc1-c1ccc(C#N)c(F)c1. The third kappa shape index (κ3) is 4.01. The second-order valence-corrected chi connectivity index (χ2v) is 5.61. The molecule has 7 heteroatoms. The second-order valence-electron chi connectivity index (χ2n) is 5.61. The Morgan fingerprint density at radius 1 is 1.21 bits per heavy atom. The Morgan fingerprint density at radius 2 is 1.93 bits per heavy atom. The molecule has 28 heavy (non-hydrogen) atoms. The summed E-state index contributed by atoms with van der Waals surface area (Å²) in [7, 11) is 1.50. The molecule has 0 aliphatic carbocycles. The van der Waals surface area contributed by atoms with E-state index in [9.17, 15) is 14.3 Å². The van der Waals surface area contributed by atoms with Crippen molar-refractivity contribution < 1.29 is 19.0 Å². The van der Waals surface area contributed by atoms with Gasteiger partial charge in [-0.25, -0.2) is 13.9 Å². The Labute approximate surface area is 162 Å². The predicted octanol–water partition coefficient (Wildman–Crippen LogP) is 4.59. The minimum atomic E-state index is -1.20. The van der Waals surface area contributed by atoms with E-state index in [4.69, 9.17) is 10.00 Å². The zero-order valence-corrected chi connectivity index (χ0v) is 16.0. The largest absolute Gasteiger partial charge is 0.494 e. The number of nitriles is 1. The molecule has 0 aliphatic rings. The minimum absolute atomic E-state index is 0.0915. The number of carbonyl (C=O) groups is 1. The van der Waals surface area contributed by atoms with E-state index >= 15 is 0 Å². The van der Waals surface area contributed by atoms with E-state index in [1.165, 1.54) is 30.0 Å². The van der Waals surface area contributed by atoms with E-state index in [-0.39, 0.29) is 11.3 Å². The molecule has 0 amide bonds. The highest BCUT2D eigenvalue weighted by Crippen LogP contribution is 2.30. The summed E-state index contributed by atoms with van der Waals surface area (Å²) >= 11 is 0. The van der Waals surface area contributed by atoms with Gasteiger partial charge < -0.3 is 9.84 Å². The third-order valence-corrected chi connectivity index (χ3v) is 3.88. The number of rotatable bonds is 4. The van der Waals surface area contributed by atoms with E-state index in [1.54, 1.807) is 24.3 Å². The Hall–Kier alpha value is -3.66. The molecule has 1 N–H and O–H groups in total. The summed E-state index contributed by atoms with van der Waals surface area (Å²) < 4.78 is 20.8. The van der Waals surface area contributed by atoms with Crippen molar-refractivity contribution in [2.45, 2.75) is 20.8 Å². The summed E-state index contributed by atoms with van der Waals surface area (Å²) in [6.45, 7) is 5.90. The molecule has 0 spiro atoms. The minimum Gasteiger partial charge on any atom is -0.494 e. The lowest BCUT2D eigenvalue weighted by Crippen LogP contribution is -2.04. The van der Waals surface area contributed by atoms with Crippen LogP contribution < -0.4 is 4.74 Å². The number of halogens is 1. The van der Waals surface area contributed by atoms with Gasteiger partial charge in [0.1, 0.15) is 23.3 Å². The summed E-state index contributed by atoms with van der Waals surface area (Å²) in [6, 6.07) is 12.5. The fourth-order valence-corrected chi connectivity index (χ4v) is 2.60. The Balaban J connectivity index is 0.00000136. The maximum Gasteiger partial charge on any atom is 0.356 e. The maximum atomic E-state index is 14.0. The van der Waals surface area contributed by atoms with Crippen LogP contribution in [0.4, 0.5) is 4.39 Å². The maximum absolute atomic E-state index is 14.0. The molecule has 1 heterocycles. The van der Waals surface area contributed by atoms with Gasteiger partial charge in [-0.05, 0) is 42.8 Å². The van der Waals surface area contributed by atoms with E-state index < -0.39 is 11.8 Å². The number of hydrogen-bond acceptors (Lipinski definition) is 4. The molecule has 0 saturated heterocycles. The number of ether oxygens (including phenoxy) is 1. The number of aromatic carboxylic acids is 1. The monoisotopic (exact) mass is 381 g/mol. The molecule has 3 rings (SSSR count). The van der Waals surface area contributed by atoms with Crippen LogP contribution in [0, 0.1) is 24.1 Å². The van der Waals surface area contributed by atoms with Crippen LogP contribution in [-0.2, 0) is 0 Å². The molecule has 0 fully saturated rings. The first-order valence-corrected chi connectivity index (χ1v) is 8.63. The molecule has 0 aliphatic heterocycles. The van der Waals surface area contributed by atoms with Crippen LogP contribution in [-0.4, -0.2) is 28.0 Å². The predicted molar refractivity (Wildman–Crippen MR) is 103 cm³/mol. The van der Waals surface area contributed by atoms with Crippen LogP contribution in [0.2, 0.25) is 0 Å². The van der Waals surface area contributed by atoms with Crippen LogP contribution in [0.3, 0.4) is 0 Å². The Bertz CT molecular complexity index is 1050. The summed E-state index contributed by atoms with van der Waals surface area (Å²) in [6.07, 6.45) is 0. The molecule has 0 unspecified atom stereocenters. The smallest absolute Gasteiger partial charge is 0.356 e. The van der Waals surface area contributed by atoms with Crippen molar-refractivity contribution in [1.82, 2.24) is 9.78 Å². The van der Waals surface area contributed by atoms with Gasteiger partial charge in [-0.15, -0.1) is 0 Å². The normalized spacial score (nSPS) is 9.86. The molecule has 6 nitrogen and oxygen atoms in total. The quantitative estimate of drug-likeness (QED) is 0.714. The summed E-state index contributed by atoms with van der Waals surface area (Å²) in [5, 5.41) is 22.3. The van der Waals surface area contributed by atoms with Crippen molar-refractivity contribution in [3.05, 3.63) is 65.1 Å². The van der Waals surface area contributed by atoms with E-state index in [1.807, 2.05) is 26.8 Å². The van der Waals surface area contributed by atoms with Gasteiger partial charge in [0, 0.05) is 5.56 Å². The van der Waals surface area contributed by atoms with Crippen molar-refractivity contribution in [1.29, 1.82) is 5.26 Å². The number of carboxylic acids is 1. The van der Waals surface area contributed by atoms with Crippen LogP contribution >= 0.6 is 0 Å². The van der Waals surface area contributed by atoms with Gasteiger partial charge in [-0.1, -0.05) is 26.0 Å². The molecular formula is C21H20FN3O3. The van der Waals surface area contributed by atoms with Crippen molar-refractivity contribution in [2.75, 3.05) is 7.11 Å². The van der Waals surface area contributed by atoms with Crippen molar-refractivity contribution in [3.8, 4) is 28.8 Å². The van der Waals surface area contributed by atoms with Gasteiger partial charge in [0.25, 0.3) is 0 Å². The molecule has 144 valence electrons. The highest BCUT2D eigenvalue weighted by molar-refractivity contribution is 5.87. The van der Waals surface area contributed by atoms with Crippen LogP contribution in [0.15, 0.2) is 42.5 Å². The molecule has 2 aromatic carbocycles. The average molecular weight is 381 g/mol. The van der Waals surface area contributed by atoms with Crippen LogP contribution in [0.5, 0.6) is 5.75 Å². The van der Waals surface area contributed by atoms with Gasteiger partial charge in [0.15, 0.2) is 5.69 Å². The van der Waals surface area contributed by atoms with Gasteiger partial charge in [0.2, 0.25) is 0 Å². The standard InChI is InChI=1S/C19H14FN3O3.C2H6/c1-11-3-6-16(18(7-11)26-2)23-17(9-15(22-23)19(24)25)12-4-5-13(10-21)14(20)8-12;1-2/h3-9H,1-2H3,(H,24,25);1-2H3. The molecule has 0 bridgehead atoms. The number of nitrogens with zero attached hydrogens (tertiary/aromatic N) is 3. The molecule has 0 radical (unpaired) electrons. The third-order valence-electron chi connectivity index (χ3n) is 3.88. The topological polar surface area (TPSA) is 88.1 Å². The Kier molecular flexibility index (Phi) is 6.51.